The van der Waals surface area contributed by atoms with Gasteiger partial charge in [-0.15, -0.1) is 0 Å². The number of nitrogens with one attached hydrogen (secondary N) is 1. The molecule has 0 saturated heterocycles. The second-order valence-electron chi connectivity index (χ2n) is 8.71. The molecule has 2 aromatic carbocycles. The van der Waals surface area contributed by atoms with Crippen LogP contribution >= 0.6 is 11.3 Å². The molecule has 1 aliphatic rings. The van der Waals surface area contributed by atoms with Gasteiger partial charge in [0.15, 0.2) is 0 Å². The molecule has 176 valence electrons. The molecule has 1 N–H and O–H groups in total. The maximum absolute atomic E-state index is 13.0. The summed E-state index contributed by atoms with van der Waals surface area (Å²) < 4.78 is 29.5. The molecule has 0 unspecified atom stereocenters. The molecule has 2 aromatic heterocycles. The van der Waals surface area contributed by atoms with E-state index < -0.39 is 10.0 Å². The van der Waals surface area contributed by atoms with Crippen molar-refractivity contribution in [3.8, 4) is 5.13 Å². The molecule has 5 rings (SSSR count). The molecule has 0 radical (unpaired) electrons. The highest BCUT2D eigenvalue weighted by molar-refractivity contribution is 7.89. The van der Waals surface area contributed by atoms with Gasteiger partial charge in [0.25, 0.3) is 5.91 Å². The Balaban J connectivity index is 1.40. The molecule has 0 atom stereocenters. The summed E-state index contributed by atoms with van der Waals surface area (Å²) in [6, 6.07) is 12.0. The number of anilines is 1. The largest absolute Gasteiger partial charge is 0.306 e. The number of fused-ring (bicyclic) bond motifs is 1. The lowest BCUT2D eigenvalue weighted by atomic mass is 10.1. The second kappa shape index (κ2) is 8.30. The molecule has 1 amide bonds. The predicted molar refractivity (Wildman–Crippen MR) is 133 cm³/mol. The normalized spacial score (nSPS) is 14.1. The molecule has 34 heavy (non-hydrogen) atoms. The predicted octanol–water partition coefficient (Wildman–Crippen LogP) is 4.44. The maximum Gasteiger partial charge on any atom is 0.256 e. The van der Waals surface area contributed by atoms with E-state index in [1.807, 2.05) is 6.92 Å². The lowest BCUT2D eigenvalue weighted by Crippen LogP contribution is -2.29. The number of aryl methyl sites for hydroxylation is 3. The van der Waals surface area contributed by atoms with Gasteiger partial charge in [-0.1, -0.05) is 11.3 Å². The Kier molecular flexibility index (Phi) is 5.54. The van der Waals surface area contributed by atoms with Gasteiger partial charge in [-0.05, 0) is 81.1 Å². The Morgan fingerprint density at radius 2 is 1.76 bits per heavy atom. The van der Waals surface area contributed by atoms with Crippen molar-refractivity contribution in [2.45, 2.75) is 44.6 Å². The fourth-order valence-electron chi connectivity index (χ4n) is 3.76. The summed E-state index contributed by atoms with van der Waals surface area (Å²) in [7, 11) is -1.96. The summed E-state index contributed by atoms with van der Waals surface area (Å²) in [5.74, 6) is 0.147. The van der Waals surface area contributed by atoms with Crippen molar-refractivity contribution in [3.05, 3.63) is 64.8 Å². The molecule has 0 bridgehead atoms. The van der Waals surface area contributed by atoms with E-state index in [4.69, 9.17) is 4.98 Å². The number of sulfonamides is 1. The van der Waals surface area contributed by atoms with Crippen LogP contribution in [0.1, 0.15) is 40.0 Å². The lowest BCUT2D eigenvalue weighted by molar-refractivity contribution is 0.102. The van der Waals surface area contributed by atoms with E-state index in [0.717, 1.165) is 28.8 Å². The molecular formula is C24H25N5O3S2. The van der Waals surface area contributed by atoms with Gasteiger partial charge in [0.05, 0.1) is 20.8 Å². The van der Waals surface area contributed by atoms with Crippen LogP contribution < -0.4 is 5.32 Å². The molecule has 4 aromatic rings. The van der Waals surface area contributed by atoms with E-state index in [-0.39, 0.29) is 16.8 Å². The number of benzene rings is 2. The third-order valence-electron chi connectivity index (χ3n) is 6.10. The summed E-state index contributed by atoms with van der Waals surface area (Å²) in [5.41, 5.74) is 4.35. The summed E-state index contributed by atoms with van der Waals surface area (Å²) >= 11 is 1.51. The SMILES string of the molecule is Cc1cc(NC(=O)c2ccc(S(=O)(=O)N(C)C3CC3)cc2)n(-c2nc3cc(C)c(C)cc3s2)n1. The zero-order valence-electron chi connectivity index (χ0n) is 19.4. The molecule has 8 nitrogen and oxygen atoms in total. The molecular weight excluding hydrogens is 470 g/mol. The van der Waals surface area contributed by atoms with Gasteiger partial charge in [0.1, 0.15) is 5.82 Å². The topological polar surface area (TPSA) is 97.2 Å². The Morgan fingerprint density at radius 1 is 1.09 bits per heavy atom. The van der Waals surface area contributed by atoms with Crippen LogP contribution in [0.25, 0.3) is 15.3 Å². The van der Waals surface area contributed by atoms with Crippen LogP contribution in [-0.2, 0) is 10.0 Å². The molecule has 1 saturated carbocycles. The third-order valence-corrected chi connectivity index (χ3v) is 9.02. The highest BCUT2D eigenvalue weighted by Gasteiger charge is 2.35. The average molecular weight is 496 g/mol. The van der Waals surface area contributed by atoms with Crippen LogP contribution in [0.5, 0.6) is 0 Å². The summed E-state index contributed by atoms with van der Waals surface area (Å²) in [6.45, 7) is 5.97. The van der Waals surface area contributed by atoms with Crippen molar-refractivity contribution >= 4 is 43.3 Å². The van der Waals surface area contributed by atoms with Crippen LogP contribution in [0.15, 0.2) is 47.4 Å². The first kappa shape index (κ1) is 22.7. The van der Waals surface area contributed by atoms with Gasteiger partial charge in [0, 0.05) is 24.7 Å². The van der Waals surface area contributed by atoms with E-state index in [1.54, 1.807) is 17.8 Å². The van der Waals surface area contributed by atoms with Crippen LogP contribution in [0, 0.1) is 20.8 Å². The van der Waals surface area contributed by atoms with E-state index in [2.05, 4.69) is 36.4 Å². The minimum atomic E-state index is -3.55. The van der Waals surface area contributed by atoms with Gasteiger partial charge < -0.3 is 5.32 Å². The molecule has 1 fully saturated rings. The van der Waals surface area contributed by atoms with Crippen molar-refractivity contribution < 1.29 is 13.2 Å². The van der Waals surface area contributed by atoms with Crippen LogP contribution in [0.4, 0.5) is 5.82 Å². The second-order valence-corrected chi connectivity index (χ2v) is 11.7. The van der Waals surface area contributed by atoms with Crippen LogP contribution in [0.2, 0.25) is 0 Å². The van der Waals surface area contributed by atoms with Gasteiger partial charge >= 0.3 is 0 Å². The first-order valence-corrected chi connectivity index (χ1v) is 13.2. The number of thiazole rings is 1. The van der Waals surface area contributed by atoms with Gasteiger partial charge in [-0.2, -0.15) is 14.1 Å². The number of carbonyl (C=O) groups excluding carboxylic acids is 1. The van der Waals surface area contributed by atoms with E-state index >= 15 is 0 Å². The molecule has 2 heterocycles. The monoisotopic (exact) mass is 495 g/mol. The fourth-order valence-corrected chi connectivity index (χ4v) is 6.19. The Bertz CT molecular complexity index is 1480. The van der Waals surface area contributed by atoms with Crippen molar-refractivity contribution in [1.82, 2.24) is 19.1 Å². The van der Waals surface area contributed by atoms with E-state index in [1.165, 1.54) is 51.0 Å². The first-order chi connectivity index (χ1) is 16.1. The quantitative estimate of drug-likeness (QED) is 0.426. The van der Waals surface area contributed by atoms with Crippen molar-refractivity contribution in [2.75, 3.05) is 12.4 Å². The minimum absolute atomic E-state index is 0.0758. The average Bonchev–Trinajstić information content (AvgIpc) is 3.48. The molecule has 10 heteroatoms. The van der Waals surface area contributed by atoms with E-state index in [9.17, 15) is 13.2 Å². The van der Waals surface area contributed by atoms with Gasteiger partial charge in [-0.25, -0.2) is 13.4 Å². The number of aromatic nitrogens is 3. The van der Waals surface area contributed by atoms with Crippen molar-refractivity contribution in [3.63, 3.8) is 0 Å². The fraction of sp³-hybridized carbons (Fsp3) is 0.292. The maximum atomic E-state index is 13.0. The smallest absolute Gasteiger partial charge is 0.256 e. The lowest BCUT2D eigenvalue weighted by Gasteiger charge is -2.16. The number of hydrogen-bond acceptors (Lipinski definition) is 6. The van der Waals surface area contributed by atoms with Crippen molar-refractivity contribution in [1.29, 1.82) is 0 Å². The molecule has 0 spiro atoms. The van der Waals surface area contributed by atoms with Gasteiger partial charge in [-0.3, -0.25) is 4.79 Å². The zero-order valence-corrected chi connectivity index (χ0v) is 21.0. The zero-order chi connectivity index (χ0) is 24.2. The molecule has 0 aliphatic heterocycles. The number of amides is 1. The van der Waals surface area contributed by atoms with Gasteiger partial charge in [0.2, 0.25) is 15.2 Å². The molecule has 1 aliphatic carbocycles. The summed E-state index contributed by atoms with van der Waals surface area (Å²) in [4.78, 5) is 17.8. The number of hydrogen-bond donors (Lipinski definition) is 1. The van der Waals surface area contributed by atoms with E-state index in [0.29, 0.717) is 16.5 Å². The van der Waals surface area contributed by atoms with Crippen LogP contribution in [0.3, 0.4) is 0 Å². The van der Waals surface area contributed by atoms with Crippen LogP contribution in [-0.4, -0.2) is 46.5 Å². The third kappa shape index (κ3) is 4.13. The standard InChI is InChI=1S/C24H25N5O3S2/c1-14-11-20-21(12-15(14)2)33-24(25-20)29-22(13-16(3)27-29)26-23(30)17-5-9-19(10-6-17)34(31,32)28(4)18-7-8-18/h5-6,9-13,18H,7-8H2,1-4H3,(H,26,30). The highest BCUT2D eigenvalue weighted by atomic mass is 32.2. The minimum Gasteiger partial charge on any atom is -0.306 e. The Labute approximate surface area is 202 Å². The number of carbonyl (C=O) groups is 1. The highest BCUT2D eigenvalue weighted by Crippen LogP contribution is 2.31. The number of rotatable bonds is 6. The first-order valence-electron chi connectivity index (χ1n) is 11.0. The Morgan fingerprint density at radius 3 is 2.44 bits per heavy atom. The number of nitrogens with zero attached hydrogens (tertiary/aromatic N) is 4. The Hall–Kier alpha value is -3.08. The summed E-state index contributed by atoms with van der Waals surface area (Å²) in [5, 5.41) is 8.07. The van der Waals surface area contributed by atoms with Crippen molar-refractivity contribution in [2.24, 2.45) is 0 Å². The summed E-state index contributed by atoms with van der Waals surface area (Å²) in [6.07, 6.45) is 1.77.